The lowest BCUT2D eigenvalue weighted by Crippen LogP contribution is -2.30. The van der Waals surface area contributed by atoms with Crippen molar-refractivity contribution in [2.24, 2.45) is 5.73 Å². The molecule has 0 amide bonds. The second kappa shape index (κ2) is 6.19. The fourth-order valence-corrected chi connectivity index (χ4v) is 2.79. The van der Waals surface area contributed by atoms with Gasteiger partial charge in [-0.3, -0.25) is 0 Å². The van der Waals surface area contributed by atoms with Crippen LogP contribution in [0.25, 0.3) is 0 Å². The van der Waals surface area contributed by atoms with Crippen LogP contribution in [-0.4, -0.2) is 18.1 Å². The van der Waals surface area contributed by atoms with Gasteiger partial charge >= 0.3 is 0 Å². The summed E-state index contributed by atoms with van der Waals surface area (Å²) in [4.78, 5) is 7.14. The van der Waals surface area contributed by atoms with E-state index in [9.17, 15) is 0 Å². The molecule has 0 aromatic carbocycles. The molecule has 2 N–H and O–H groups in total. The average molecular weight is 247 g/mol. The molecule has 0 unspecified atom stereocenters. The Morgan fingerprint density at radius 2 is 2.06 bits per heavy atom. The minimum atomic E-state index is 0.602. The molecule has 2 rings (SSSR count). The van der Waals surface area contributed by atoms with Crippen LogP contribution in [-0.2, 0) is 13.0 Å². The maximum absolute atomic E-state index is 5.79. The van der Waals surface area contributed by atoms with Gasteiger partial charge in [-0.1, -0.05) is 26.2 Å². The number of hydrogen-bond acceptors (Lipinski definition) is 3. The van der Waals surface area contributed by atoms with E-state index >= 15 is 0 Å². The molecule has 1 aromatic heterocycles. The fraction of sp³-hybridized carbons (Fsp3) is 0.667. The second-order valence-corrected chi connectivity index (χ2v) is 5.33. The van der Waals surface area contributed by atoms with Gasteiger partial charge in [-0.05, 0) is 37.0 Å². The first-order chi connectivity index (χ1) is 8.74. The zero-order valence-corrected chi connectivity index (χ0v) is 11.7. The van der Waals surface area contributed by atoms with Crippen molar-refractivity contribution in [3.63, 3.8) is 0 Å². The van der Waals surface area contributed by atoms with E-state index in [1.54, 1.807) is 0 Å². The third-order valence-corrected chi connectivity index (χ3v) is 3.90. The largest absolute Gasteiger partial charge is 0.357 e. The van der Waals surface area contributed by atoms with E-state index in [1.165, 1.54) is 36.9 Å². The van der Waals surface area contributed by atoms with Gasteiger partial charge in [-0.25, -0.2) is 4.98 Å². The molecule has 1 heterocycles. The predicted molar refractivity (Wildman–Crippen MR) is 76.8 cm³/mol. The lowest BCUT2D eigenvalue weighted by molar-refractivity contribution is 0.644. The van der Waals surface area contributed by atoms with Gasteiger partial charge in [-0.2, -0.15) is 0 Å². The number of aromatic nitrogens is 1. The summed E-state index contributed by atoms with van der Waals surface area (Å²) in [6.07, 6.45) is 7.48. The summed E-state index contributed by atoms with van der Waals surface area (Å²) < 4.78 is 0. The highest BCUT2D eigenvalue weighted by Gasteiger charge is 2.21. The van der Waals surface area contributed by atoms with Crippen molar-refractivity contribution in [1.29, 1.82) is 0 Å². The monoisotopic (exact) mass is 247 g/mol. The van der Waals surface area contributed by atoms with Crippen LogP contribution in [0.4, 0.5) is 5.82 Å². The number of rotatable bonds is 5. The van der Waals surface area contributed by atoms with E-state index < -0.39 is 0 Å². The summed E-state index contributed by atoms with van der Waals surface area (Å²) >= 11 is 0. The third-order valence-electron chi connectivity index (χ3n) is 3.90. The van der Waals surface area contributed by atoms with Crippen LogP contribution in [0.3, 0.4) is 0 Å². The molecule has 1 aromatic rings. The number of aryl methyl sites for hydroxylation is 1. The molecule has 0 saturated heterocycles. The fourth-order valence-electron chi connectivity index (χ4n) is 2.79. The summed E-state index contributed by atoms with van der Waals surface area (Å²) in [5.41, 5.74) is 8.17. The van der Waals surface area contributed by atoms with Crippen molar-refractivity contribution < 1.29 is 0 Å². The van der Waals surface area contributed by atoms with Gasteiger partial charge in [0.25, 0.3) is 0 Å². The Kier molecular flexibility index (Phi) is 4.59. The first kappa shape index (κ1) is 13.3. The normalized spacial score (nSPS) is 16.2. The molecule has 1 aliphatic carbocycles. The zero-order chi connectivity index (χ0) is 13.0. The molecular formula is C15H25N3. The Morgan fingerprint density at radius 1 is 1.33 bits per heavy atom. The molecule has 3 heteroatoms. The minimum absolute atomic E-state index is 0.602. The van der Waals surface area contributed by atoms with Crippen molar-refractivity contribution in [2.75, 3.05) is 11.9 Å². The molecule has 100 valence electrons. The van der Waals surface area contributed by atoms with E-state index in [0.717, 1.165) is 18.7 Å². The van der Waals surface area contributed by atoms with Crippen LogP contribution in [0.5, 0.6) is 0 Å². The smallest absolute Gasteiger partial charge is 0.129 e. The quantitative estimate of drug-likeness (QED) is 0.870. The van der Waals surface area contributed by atoms with Crippen molar-refractivity contribution >= 4 is 5.82 Å². The molecule has 0 aliphatic heterocycles. The molecule has 0 spiro atoms. The first-order valence-corrected chi connectivity index (χ1v) is 7.17. The summed E-state index contributed by atoms with van der Waals surface area (Å²) in [5.74, 6) is 1.10. The number of pyridine rings is 1. The van der Waals surface area contributed by atoms with Crippen LogP contribution >= 0.6 is 0 Å². The van der Waals surface area contributed by atoms with Crippen LogP contribution in [0, 0.1) is 0 Å². The van der Waals surface area contributed by atoms with Gasteiger partial charge in [0.05, 0.1) is 0 Å². The van der Waals surface area contributed by atoms with Gasteiger partial charge in [-0.15, -0.1) is 0 Å². The Morgan fingerprint density at radius 3 is 2.67 bits per heavy atom. The number of nitrogens with two attached hydrogens (primary N) is 1. The molecule has 1 fully saturated rings. The molecule has 1 saturated carbocycles. The minimum Gasteiger partial charge on any atom is -0.357 e. The molecule has 0 bridgehead atoms. The first-order valence-electron chi connectivity index (χ1n) is 7.17. The molecular weight excluding hydrogens is 222 g/mol. The van der Waals surface area contributed by atoms with Gasteiger partial charge in [0, 0.05) is 25.3 Å². The topological polar surface area (TPSA) is 42.1 Å². The van der Waals surface area contributed by atoms with Crippen molar-refractivity contribution in [3.05, 3.63) is 23.4 Å². The Bertz CT molecular complexity index is 383. The standard InChI is InChI=1S/C15H25N3/c1-3-6-13-9-12(11-16)10-15(17-13)18(2)14-7-4-5-8-14/h9-10,14H,3-8,11,16H2,1-2H3. The van der Waals surface area contributed by atoms with E-state index in [4.69, 9.17) is 10.7 Å². The second-order valence-electron chi connectivity index (χ2n) is 5.33. The number of hydrogen-bond donors (Lipinski definition) is 1. The van der Waals surface area contributed by atoms with Crippen molar-refractivity contribution in [1.82, 2.24) is 4.98 Å². The van der Waals surface area contributed by atoms with Crippen LogP contribution in [0.2, 0.25) is 0 Å². The van der Waals surface area contributed by atoms with E-state index in [1.807, 2.05) is 0 Å². The van der Waals surface area contributed by atoms with Gasteiger partial charge in [0.15, 0.2) is 0 Å². The van der Waals surface area contributed by atoms with E-state index in [2.05, 4.69) is 31.0 Å². The van der Waals surface area contributed by atoms with Gasteiger partial charge in [0.2, 0.25) is 0 Å². The lowest BCUT2D eigenvalue weighted by Gasteiger charge is -2.26. The van der Waals surface area contributed by atoms with Gasteiger partial charge < -0.3 is 10.6 Å². The SMILES string of the molecule is CCCc1cc(CN)cc(N(C)C2CCCC2)n1. The maximum Gasteiger partial charge on any atom is 0.129 e. The Labute approximate surface area is 110 Å². The predicted octanol–water partition coefficient (Wildman–Crippen LogP) is 2.87. The van der Waals surface area contributed by atoms with Crippen LogP contribution < -0.4 is 10.6 Å². The zero-order valence-electron chi connectivity index (χ0n) is 11.7. The molecule has 3 nitrogen and oxygen atoms in total. The molecule has 1 aliphatic rings. The van der Waals surface area contributed by atoms with Crippen LogP contribution in [0.15, 0.2) is 12.1 Å². The molecule has 0 atom stereocenters. The average Bonchev–Trinajstić information content (AvgIpc) is 2.91. The highest BCUT2D eigenvalue weighted by atomic mass is 15.2. The van der Waals surface area contributed by atoms with Crippen molar-refractivity contribution in [2.45, 2.75) is 58.0 Å². The number of nitrogens with zero attached hydrogens (tertiary/aromatic N) is 2. The maximum atomic E-state index is 5.79. The summed E-state index contributed by atoms with van der Waals surface area (Å²) in [6, 6.07) is 4.97. The summed E-state index contributed by atoms with van der Waals surface area (Å²) in [7, 11) is 2.17. The Hall–Kier alpha value is -1.09. The van der Waals surface area contributed by atoms with Gasteiger partial charge in [0.1, 0.15) is 5.82 Å². The van der Waals surface area contributed by atoms with E-state index in [-0.39, 0.29) is 0 Å². The highest BCUT2D eigenvalue weighted by Crippen LogP contribution is 2.26. The lowest BCUT2D eigenvalue weighted by atomic mass is 10.1. The van der Waals surface area contributed by atoms with Crippen molar-refractivity contribution in [3.8, 4) is 0 Å². The Balaban J connectivity index is 2.21. The molecule has 18 heavy (non-hydrogen) atoms. The summed E-state index contributed by atoms with van der Waals surface area (Å²) in [5, 5.41) is 0. The summed E-state index contributed by atoms with van der Waals surface area (Å²) in [6.45, 7) is 2.79. The highest BCUT2D eigenvalue weighted by molar-refractivity contribution is 5.43. The molecule has 0 radical (unpaired) electrons. The third kappa shape index (κ3) is 3.02. The number of anilines is 1. The van der Waals surface area contributed by atoms with Crippen LogP contribution in [0.1, 0.15) is 50.3 Å². The van der Waals surface area contributed by atoms with E-state index in [0.29, 0.717) is 12.6 Å².